The van der Waals surface area contributed by atoms with Gasteiger partial charge in [0.1, 0.15) is 23.9 Å². The molecule has 2 fully saturated rings. The largest absolute Gasteiger partial charge is 0.495 e. The molecule has 63 heavy (non-hydrogen) atoms. The van der Waals surface area contributed by atoms with Gasteiger partial charge < -0.3 is 33.9 Å². The molecule has 10 heteroatoms. The summed E-state index contributed by atoms with van der Waals surface area (Å²) in [6.45, 7) is 9.26. The van der Waals surface area contributed by atoms with Crippen molar-refractivity contribution < 1.29 is 37.2 Å². The first-order valence-corrected chi connectivity index (χ1v) is 22.0. The summed E-state index contributed by atoms with van der Waals surface area (Å²) in [6, 6.07) is 32.4. The van der Waals surface area contributed by atoms with Gasteiger partial charge in [0.05, 0.1) is 38.2 Å². The molecule has 0 amide bonds. The molecule has 1 N–H and O–H groups in total. The van der Waals surface area contributed by atoms with Gasteiger partial charge in [-0.2, -0.15) is 13.2 Å². The summed E-state index contributed by atoms with van der Waals surface area (Å²) in [4.78, 5) is 4.74. The number of hydrogen-bond acceptors (Lipinski definition) is 7. The van der Waals surface area contributed by atoms with E-state index in [1.165, 1.54) is 12.5 Å². The monoisotopic (exact) mass is 852 g/mol. The first kappa shape index (κ1) is 41.1. The van der Waals surface area contributed by atoms with Crippen molar-refractivity contribution in [2.45, 2.75) is 50.3 Å². The summed E-state index contributed by atoms with van der Waals surface area (Å²) in [5.41, 5.74) is 7.27. The lowest BCUT2D eigenvalue weighted by atomic mass is 9.76. The normalized spacial score (nSPS) is 19.0. The van der Waals surface area contributed by atoms with Crippen molar-refractivity contribution >= 4 is 28.2 Å². The van der Waals surface area contributed by atoms with Crippen molar-refractivity contribution in [3.63, 3.8) is 0 Å². The Bertz CT molecular complexity index is 2720. The van der Waals surface area contributed by atoms with Crippen molar-refractivity contribution in [3.8, 4) is 39.5 Å². The molecule has 3 aliphatic heterocycles. The minimum absolute atomic E-state index is 0.0907. The fourth-order valence-electron chi connectivity index (χ4n) is 10.4. The van der Waals surface area contributed by atoms with Gasteiger partial charge in [0, 0.05) is 59.4 Å². The highest BCUT2D eigenvalue weighted by Gasteiger charge is 2.45. The zero-order valence-corrected chi connectivity index (χ0v) is 35.9. The van der Waals surface area contributed by atoms with Gasteiger partial charge in [-0.15, -0.1) is 0 Å². The van der Waals surface area contributed by atoms with Crippen molar-refractivity contribution in [2.75, 3.05) is 69.5 Å². The quantitative estimate of drug-likeness (QED) is 0.155. The molecule has 2 saturated heterocycles. The number of hydrogen-bond donors (Lipinski definition) is 1. The number of alkyl halides is 3. The van der Waals surface area contributed by atoms with Crippen LogP contribution >= 0.6 is 0 Å². The highest BCUT2D eigenvalue weighted by molar-refractivity contribution is 6.10. The van der Waals surface area contributed by atoms with Gasteiger partial charge in [0.2, 0.25) is 0 Å². The highest BCUT2D eigenvalue weighted by Crippen LogP contribution is 2.60. The van der Waals surface area contributed by atoms with Crippen LogP contribution in [0.2, 0.25) is 0 Å². The summed E-state index contributed by atoms with van der Waals surface area (Å²) in [5, 5.41) is 11.3. The van der Waals surface area contributed by atoms with Gasteiger partial charge in [-0.1, -0.05) is 74.5 Å². The van der Waals surface area contributed by atoms with Crippen molar-refractivity contribution in [1.29, 1.82) is 0 Å². The van der Waals surface area contributed by atoms with Crippen molar-refractivity contribution in [2.24, 2.45) is 0 Å². The molecule has 1 unspecified atom stereocenters. The fourth-order valence-corrected chi connectivity index (χ4v) is 10.4. The molecule has 6 aromatic carbocycles. The van der Waals surface area contributed by atoms with Crippen LogP contribution in [0.3, 0.4) is 0 Å². The maximum atomic E-state index is 14.4. The first-order chi connectivity index (χ1) is 30.5. The summed E-state index contributed by atoms with van der Waals surface area (Å²) in [5.74, 6) is 2.10. The number of aliphatic hydroxyl groups excluding tert-OH is 1. The second-order valence-electron chi connectivity index (χ2n) is 17.5. The molecule has 0 saturated carbocycles. The number of halogens is 3. The van der Waals surface area contributed by atoms with Crippen LogP contribution in [0, 0.1) is 0 Å². The molecule has 0 radical (unpaired) electrons. The van der Waals surface area contributed by atoms with Crippen LogP contribution in [0.1, 0.15) is 66.5 Å². The number of anilines is 2. The van der Waals surface area contributed by atoms with Crippen LogP contribution in [-0.2, 0) is 21.9 Å². The Kier molecular flexibility index (Phi) is 10.4. The Balaban J connectivity index is 1.20. The lowest BCUT2D eigenvalue weighted by Gasteiger charge is -2.39. The molecule has 0 bridgehead atoms. The molecule has 6 aromatic rings. The number of methoxy groups -OCH3 is 1. The number of benzene rings is 6. The maximum Gasteiger partial charge on any atom is 0.417 e. The predicted molar refractivity (Wildman–Crippen MR) is 244 cm³/mol. The van der Waals surface area contributed by atoms with E-state index in [1.54, 1.807) is 19.2 Å². The summed E-state index contributed by atoms with van der Waals surface area (Å²) in [7, 11) is 1.72. The lowest BCUT2D eigenvalue weighted by Crippen LogP contribution is -2.37. The lowest BCUT2D eigenvalue weighted by molar-refractivity contribution is -0.137. The van der Waals surface area contributed by atoms with Gasteiger partial charge in [-0.25, -0.2) is 0 Å². The number of aliphatic hydroxyl groups is 1. The third kappa shape index (κ3) is 6.98. The molecule has 4 aliphatic rings. The van der Waals surface area contributed by atoms with Gasteiger partial charge >= 0.3 is 6.18 Å². The van der Waals surface area contributed by atoms with Crippen LogP contribution in [-0.4, -0.2) is 64.8 Å². The maximum absolute atomic E-state index is 14.4. The summed E-state index contributed by atoms with van der Waals surface area (Å²) in [6.07, 6.45) is 3.18. The number of rotatable bonds is 9. The van der Waals surface area contributed by atoms with Crippen LogP contribution in [0.4, 0.5) is 24.5 Å². The average Bonchev–Trinajstić information content (AvgIpc) is 3.56. The number of fused-ring (bicyclic) bond motifs is 8. The average molecular weight is 853 g/mol. The summed E-state index contributed by atoms with van der Waals surface area (Å²) >= 11 is 0. The number of piperidine rings is 1. The minimum Gasteiger partial charge on any atom is -0.495 e. The molecule has 10 rings (SSSR count). The van der Waals surface area contributed by atoms with E-state index < -0.39 is 22.8 Å². The van der Waals surface area contributed by atoms with Gasteiger partial charge in [-0.3, -0.25) is 0 Å². The third-order valence-corrected chi connectivity index (χ3v) is 13.5. The van der Waals surface area contributed by atoms with Crippen LogP contribution in [0.25, 0.3) is 39.1 Å². The Hall–Kier alpha value is -5.97. The molecule has 1 aliphatic carbocycles. The SMILES string of the molecule is COc1cc2c3c(c4c(c2cc1N1CCCCC1)-c1ccc(-c2ccccc2C(F)(F)F)cc1C4(C)C)C=CC(c1ccc(OCCO)cc1)(c1ccc(N2CCOCC2)cc1)O3. The highest BCUT2D eigenvalue weighted by atomic mass is 19.4. The number of ether oxygens (including phenoxy) is 4. The molecule has 3 heterocycles. The fraction of sp³-hybridized carbons (Fsp3) is 0.321. The van der Waals surface area contributed by atoms with Crippen LogP contribution in [0.15, 0.2) is 109 Å². The van der Waals surface area contributed by atoms with Crippen molar-refractivity contribution in [1.82, 2.24) is 0 Å². The third-order valence-electron chi connectivity index (χ3n) is 13.5. The van der Waals surface area contributed by atoms with E-state index in [0.29, 0.717) is 30.3 Å². The number of morpholine rings is 1. The van der Waals surface area contributed by atoms with Gasteiger partial charge in [0.15, 0.2) is 5.60 Å². The first-order valence-electron chi connectivity index (χ1n) is 22.0. The number of nitrogens with zero attached hydrogens (tertiary/aromatic N) is 2. The Morgan fingerprint density at radius 2 is 1.48 bits per heavy atom. The van der Waals surface area contributed by atoms with E-state index in [4.69, 9.17) is 18.9 Å². The van der Waals surface area contributed by atoms with E-state index in [2.05, 4.69) is 72.2 Å². The zero-order chi connectivity index (χ0) is 43.5. The van der Waals surface area contributed by atoms with E-state index in [9.17, 15) is 18.3 Å². The van der Waals surface area contributed by atoms with E-state index in [-0.39, 0.29) is 18.8 Å². The Morgan fingerprint density at radius 3 is 2.17 bits per heavy atom. The molecule has 324 valence electrons. The van der Waals surface area contributed by atoms with E-state index >= 15 is 0 Å². The van der Waals surface area contributed by atoms with E-state index in [1.807, 2.05) is 42.5 Å². The standard InChI is InChI=1S/C53H51F3N2O5/c1-51(2)45-31-34(39-9-5-6-10-44(39)53(54,55)56)11-20-40(45)48-42-32-46(58-23-7-4-8-24-58)47(60-3)33-43(42)50-41(49(48)51)21-22-52(63-50,36-14-18-38(19-15-36)62-30-27-59)35-12-16-37(17-13-35)57-25-28-61-29-26-57/h5-6,9-22,31-33,59H,4,7-8,23-30H2,1-3H3. The Labute approximate surface area is 366 Å². The molecular formula is C53H51F3N2O5. The molecule has 0 aromatic heterocycles. The van der Waals surface area contributed by atoms with Gasteiger partial charge in [0.25, 0.3) is 0 Å². The second kappa shape index (κ2) is 16.0. The molecule has 1 atom stereocenters. The van der Waals surface area contributed by atoms with Crippen molar-refractivity contribution in [3.05, 3.63) is 143 Å². The zero-order valence-electron chi connectivity index (χ0n) is 35.9. The summed E-state index contributed by atoms with van der Waals surface area (Å²) < 4.78 is 68.6. The molecular weight excluding hydrogens is 802 g/mol. The molecule has 7 nitrogen and oxygen atoms in total. The second-order valence-corrected chi connectivity index (χ2v) is 17.5. The van der Waals surface area contributed by atoms with Gasteiger partial charge in [-0.05, 0) is 113 Å². The van der Waals surface area contributed by atoms with E-state index in [0.717, 1.165) is 112 Å². The minimum atomic E-state index is -4.50. The van der Waals surface area contributed by atoms with Crippen LogP contribution < -0.4 is 24.0 Å². The Morgan fingerprint density at radius 1 is 0.762 bits per heavy atom. The topological polar surface area (TPSA) is 63.6 Å². The molecule has 0 spiro atoms. The smallest absolute Gasteiger partial charge is 0.417 e. The predicted octanol–water partition coefficient (Wildman–Crippen LogP) is 11.4. The van der Waals surface area contributed by atoms with Crippen LogP contribution in [0.5, 0.6) is 17.2 Å².